The molecule has 6 heteroatoms. The molecule has 20 heavy (non-hydrogen) atoms. The van der Waals surface area contributed by atoms with Crippen LogP contribution in [0.15, 0.2) is 0 Å². The van der Waals surface area contributed by atoms with Gasteiger partial charge in [-0.2, -0.15) is 0 Å². The molecule has 0 spiro atoms. The standard InChI is InChI=1S/C14H25N3O2S/c1-3-7-19-11-5-4-6-17(9-11)14-16-12(10-18-2)13(8-15)20-14/h11H,3-10,15H2,1-2H3. The van der Waals surface area contributed by atoms with Gasteiger partial charge in [0.1, 0.15) is 0 Å². The van der Waals surface area contributed by atoms with Crippen LogP contribution in [0.3, 0.4) is 0 Å². The fraction of sp³-hybridized carbons (Fsp3) is 0.786. The second-order valence-electron chi connectivity index (χ2n) is 5.08. The van der Waals surface area contributed by atoms with Crippen LogP contribution in [0, 0.1) is 0 Å². The van der Waals surface area contributed by atoms with Crippen molar-refractivity contribution in [2.24, 2.45) is 5.73 Å². The Labute approximate surface area is 125 Å². The topological polar surface area (TPSA) is 60.6 Å². The molecule has 5 nitrogen and oxygen atoms in total. The van der Waals surface area contributed by atoms with Gasteiger partial charge < -0.3 is 20.1 Å². The van der Waals surface area contributed by atoms with Crippen molar-refractivity contribution in [3.63, 3.8) is 0 Å². The van der Waals surface area contributed by atoms with E-state index in [4.69, 9.17) is 20.2 Å². The number of hydrogen-bond acceptors (Lipinski definition) is 6. The average Bonchev–Trinajstić information content (AvgIpc) is 2.89. The summed E-state index contributed by atoms with van der Waals surface area (Å²) in [6, 6.07) is 0. The maximum atomic E-state index is 5.88. The summed E-state index contributed by atoms with van der Waals surface area (Å²) in [4.78, 5) is 8.14. The molecule has 1 fully saturated rings. The molecular weight excluding hydrogens is 274 g/mol. The number of hydrogen-bond donors (Lipinski definition) is 1. The van der Waals surface area contributed by atoms with E-state index in [-0.39, 0.29) is 0 Å². The van der Waals surface area contributed by atoms with E-state index in [9.17, 15) is 0 Å². The number of piperidine rings is 1. The largest absolute Gasteiger partial charge is 0.378 e. The van der Waals surface area contributed by atoms with Crippen molar-refractivity contribution in [3.05, 3.63) is 10.6 Å². The fourth-order valence-corrected chi connectivity index (χ4v) is 3.42. The predicted octanol–water partition coefficient (Wildman–Crippen LogP) is 2.14. The highest BCUT2D eigenvalue weighted by Gasteiger charge is 2.23. The summed E-state index contributed by atoms with van der Waals surface area (Å²) < 4.78 is 11.1. The normalized spacial score (nSPS) is 19.6. The van der Waals surface area contributed by atoms with E-state index < -0.39 is 0 Å². The number of ether oxygens (including phenoxy) is 2. The van der Waals surface area contributed by atoms with Crippen molar-refractivity contribution >= 4 is 16.5 Å². The Balaban J connectivity index is 2.02. The molecule has 1 aromatic rings. The lowest BCUT2D eigenvalue weighted by Crippen LogP contribution is -2.39. The number of thiazole rings is 1. The second kappa shape index (κ2) is 7.93. The summed E-state index contributed by atoms with van der Waals surface area (Å²) in [5.74, 6) is 0. The highest BCUT2D eigenvalue weighted by atomic mass is 32.1. The summed E-state index contributed by atoms with van der Waals surface area (Å²) in [5.41, 5.74) is 6.77. The van der Waals surface area contributed by atoms with Crippen LogP contribution >= 0.6 is 11.3 Å². The number of nitrogens with zero attached hydrogens (tertiary/aromatic N) is 2. The quantitative estimate of drug-likeness (QED) is 0.836. The number of aromatic nitrogens is 1. The third kappa shape index (κ3) is 3.91. The zero-order valence-corrected chi connectivity index (χ0v) is 13.2. The van der Waals surface area contributed by atoms with Gasteiger partial charge >= 0.3 is 0 Å². The zero-order chi connectivity index (χ0) is 14.4. The van der Waals surface area contributed by atoms with E-state index in [1.807, 2.05) is 0 Å². The lowest BCUT2D eigenvalue weighted by atomic mass is 10.1. The van der Waals surface area contributed by atoms with Crippen LogP contribution in [0.25, 0.3) is 0 Å². The van der Waals surface area contributed by atoms with Crippen molar-refractivity contribution in [1.29, 1.82) is 0 Å². The minimum Gasteiger partial charge on any atom is -0.378 e. The Hall–Kier alpha value is -0.690. The lowest BCUT2D eigenvalue weighted by Gasteiger charge is -2.32. The summed E-state index contributed by atoms with van der Waals surface area (Å²) >= 11 is 1.69. The number of anilines is 1. The summed E-state index contributed by atoms with van der Waals surface area (Å²) in [7, 11) is 1.69. The molecule has 1 aliphatic heterocycles. The fourth-order valence-electron chi connectivity index (χ4n) is 2.45. The minimum absolute atomic E-state index is 0.333. The number of nitrogens with two attached hydrogens (primary N) is 1. The van der Waals surface area contributed by atoms with Crippen molar-refractivity contribution in [2.45, 2.75) is 45.4 Å². The molecular formula is C14H25N3O2S. The van der Waals surface area contributed by atoms with E-state index in [0.29, 0.717) is 19.3 Å². The molecule has 0 amide bonds. The molecule has 1 saturated heterocycles. The third-order valence-corrected chi connectivity index (χ3v) is 4.62. The van der Waals surface area contributed by atoms with Crippen molar-refractivity contribution < 1.29 is 9.47 Å². The van der Waals surface area contributed by atoms with Gasteiger partial charge in [0.25, 0.3) is 0 Å². The first kappa shape index (κ1) is 15.7. The molecule has 2 rings (SSSR count). The molecule has 1 atom stereocenters. The van der Waals surface area contributed by atoms with Crippen molar-refractivity contribution in [2.75, 3.05) is 31.7 Å². The average molecular weight is 299 g/mol. The monoisotopic (exact) mass is 299 g/mol. The van der Waals surface area contributed by atoms with Crippen LogP contribution < -0.4 is 10.6 Å². The van der Waals surface area contributed by atoms with Crippen LogP contribution in [-0.4, -0.2) is 37.9 Å². The summed E-state index contributed by atoms with van der Waals surface area (Å²) in [6.07, 6.45) is 3.71. The predicted molar refractivity (Wildman–Crippen MR) is 82.2 cm³/mol. The van der Waals surface area contributed by atoms with Crippen LogP contribution in [-0.2, 0) is 22.6 Å². The SMILES string of the molecule is CCCOC1CCCN(c2nc(COC)c(CN)s2)C1. The Morgan fingerprint density at radius 2 is 2.35 bits per heavy atom. The maximum absolute atomic E-state index is 5.88. The second-order valence-corrected chi connectivity index (χ2v) is 6.15. The molecule has 0 aromatic carbocycles. The van der Waals surface area contributed by atoms with Gasteiger partial charge in [-0.1, -0.05) is 6.92 Å². The molecule has 1 aromatic heterocycles. The van der Waals surface area contributed by atoms with Gasteiger partial charge in [-0.15, -0.1) is 11.3 Å². The van der Waals surface area contributed by atoms with Gasteiger partial charge in [0, 0.05) is 38.2 Å². The van der Waals surface area contributed by atoms with Gasteiger partial charge in [0.2, 0.25) is 0 Å². The molecule has 2 heterocycles. The van der Waals surface area contributed by atoms with E-state index in [0.717, 1.165) is 54.7 Å². The smallest absolute Gasteiger partial charge is 0.186 e. The molecule has 114 valence electrons. The number of rotatable bonds is 7. The van der Waals surface area contributed by atoms with Crippen LogP contribution in [0.1, 0.15) is 36.8 Å². The van der Waals surface area contributed by atoms with Crippen LogP contribution in [0.5, 0.6) is 0 Å². The van der Waals surface area contributed by atoms with E-state index in [2.05, 4.69) is 11.8 Å². The van der Waals surface area contributed by atoms with Gasteiger partial charge in [0.15, 0.2) is 5.13 Å². The lowest BCUT2D eigenvalue weighted by molar-refractivity contribution is 0.0440. The first-order chi connectivity index (χ1) is 9.78. The van der Waals surface area contributed by atoms with E-state index in [1.165, 1.54) is 0 Å². The van der Waals surface area contributed by atoms with Gasteiger partial charge in [-0.05, 0) is 19.3 Å². The number of methoxy groups -OCH3 is 1. The molecule has 0 saturated carbocycles. The summed E-state index contributed by atoms with van der Waals surface area (Å²) in [6.45, 7) is 6.04. The maximum Gasteiger partial charge on any atom is 0.186 e. The zero-order valence-electron chi connectivity index (χ0n) is 12.4. The Kier molecular flexibility index (Phi) is 6.22. The van der Waals surface area contributed by atoms with Crippen molar-refractivity contribution in [3.8, 4) is 0 Å². The van der Waals surface area contributed by atoms with Crippen LogP contribution in [0.2, 0.25) is 0 Å². The van der Waals surface area contributed by atoms with Crippen LogP contribution in [0.4, 0.5) is 5.13 Å². The Morgan fingerprint density at radius 1 is 1.50 bits per heavy atom. The molecule has 1 unspecified atom stereocenters. The van der Waals surface area contributed by atoms with Gasteiger partial charge in [0.05, 0.1) is 18.4 Å². The minimum atomic E-state index is 0.333. The third-order valence-electron chi connectivity index (χ3n) is 3.44. The molecule has 1 aliphatic rings. The van der Waals surface area contributed by atoms with Gasteiger partial charge in [-0.3, -0.25) is 0 Å². The molecule has 0 aliphatic carbocycles. The summed E-state index contributed by atoms with van der Waals surface area (Å²) in [5, 5.41) is 1.06. The Morgan fingerprint density at radius 3 is 3.05 bits per heavy atom. The highest BCUT2D eigenvalue weighted by molar-refractivity contribution is 7.15. The molecule has 2 N–H and O–H groups in total. The van der Waals surface area contributed by atoms with Crippen molar-refractivity contribution in [1.82, 2.24) is 4.98 Å². The van der Waals surface area contributed by atoms with Gasteiger partial charge in [-0.25, -0.2) is 4.98 Å². The van der Waals surface area contributed by atoms with E-state index >= 15 is 0 Å². The first-order valence-electron chi connectivity index (χ1n) is 7.32. The molecule has 0 radical (unpaired) electrons. The van der Waals surface area contributed by atoms with E-state index in [1.54, 1.807) is 18.4 Å². The first-order valence-corrected chi connectivity index (χ1v) is 8.14. The highest BCUT2D eigenvalue weighted by Crippen LogP contribution is 2.29. The molecule has 0 bridgehead atoms. The Bertz CT molecular complexity index is 411.